The van der Waals surface area contributed by atoms with Crippen molar-refractivity contribution >= 4 is 0 Å². The smallest absolute Gasteiger partial charge is 0.0403 e. The van der Waals surface area contributed by atoms with Crippen LogP contribution >= 0.6 is 0 Å². The van der Waals surface area contributed by atoms with Gasteiger partial charge in [0, 0.05) is 23.8 Å². The van der Waals surface area contributed by atoms with Gasteiger partial charge in [0.15, 0.2) is 0 Å². The molecule has 2 heteroatoms. The molecule has 0 atom stereocenters. The molecule has 0 unspecified atom stereocenters. The van der Waals surface area contributed by atoms with Gasteiger partial charge in [-0.05, 0) is 73.9 Å². The summed E-state index contributed by atoms with van der Waals surface area (Å²) in [7, 11) is 0. The molecule has 0 aliphatic heterocycles. The predicted molar refractivity (Wildman–Crippen MR) is 83.9 cm³/mol. The highest BCUT2D eigenvalue weighted by Crippen LogP contribution is 2.11. The maximum atomic E-state index is 4.35. The zero-order chi connectivity index (χ0) is 14.2. The Morgan fingerprint density at radius 2 is 1.20 bits per heavy atom. The maximum Gasteiger partial charge on any atom is 0.0403 e. The Morgan fingerprint density at radius 3 is 1.60 bits per heavy atom. The van der Waals surface area contributed by atoms with Crippen LogP contribution in [0, 0.1) is 0 Å². The SMILES string of the molecule is CCc1cc(CCCCc2ccnc(CC)c2)ccn1. The molecule has 0 aliphatic carbocycles. The van der Waals surface area contributed by atoms with Crippen LogP contribution in [0.15, 0.2) is 36.7 Å². The summed E-state index contributed by atoms with van der Waals surface area (Å²) in [6.07, 6.45) is 10.7. The monoisotopic (exact) mass is 268 g/mol. The molecule has 0 N–H and O–H groups in total. The molecule has 2 rings (SSSR count). The number of aryl methyl sites for hydroxylation is 4. The lowest BCUT2D eigenvalue weighted by molar-refractivity contribution is 0.731. The van der Waals surface area contributed by atoms with Gasteiger partial charge in [-0.15, -0.1) is 0 Å². The second kappa shape index (κ2) is 7.78. The Labute approximate surface area is 122 Å². The maximum absolute atomic E-state index is 4.35. The molecule has 0 saturated carbocycles. The van der Waals surface area contributed by atoms with E-state index in [-0.39, 0.29) is 0 Å². The minimum absolute atomic E-state index is 1.02. The minimum atomic E-state index is 1.02. The van der Waals surface area contributed by atoms with Gasteiger partial charge in [0.25, 0.3) is 0 Å². The van der Waals surface area contributed by atoms with Crippen molar-refractivity contribution in [2.75, 3.05) is 0 Å². The van der Waals surface area contributed by atoms with Gasteiger partial charge < -0.3 is 0 Å². The van der Waals surface area contributed by atoms with Gasteiger partial charge in [0.1, 0.15) is 0 Å². The van der Waals surface area contributed by atoms with Crippen molar-refractivity contribution in [3.05, 3.63) is 59.2 Å². The fraction of sp³-hybridized carbons (Fsp3) is 0.444. The second-order valence-corrected chi connectivity index (χ2v) is 5.23. The van der Waals surface area contributed by atoms with Gasteiger partial charge in [0.05, 0.1) is 0 Å². The fourth-order valence-electron chi connectivity index (χ4n) is 2.41. The Bertz CT molecular complexity index is 485. The highest BCUT2D eigenvalue weighted by atomic mass is 14.7. The molecule has 0 amide bonds. The zero-order valence-corrected chi connectivity index (χ0v) is 12.6. The topological polar surface area (TPSA) is 25.8 Å². The van der Waals surface area contributed by atoms with Crippen molar-refractivity contribution in [2.24, 2.45) is 0 Å². The summed E-state index contributed by atoms with van der Waals surface area (Å²) in [5.41, 5.74) is 5.23. The molecule has 2 aromatic rings. The van der Waals surface area contributed by atoms with Crippen molar-refractivity contribution in [3.63, 3.8) is 0 Å². The molecule has 0 radical (unpaired) electrons. The van der Waals surface area contributed by atoms with E-state index >= 15 is 0 Å². The van der Waals surface area contributed by atoms with Crippen LogP contribution in [0.25, 0.3) is 0 Å². The summed E-state index contributed by atoms with van der Waals surface area (Å²) in [5.74, 6) is 0. The molecule has 0 fully saturated rings. The van der Waals surface area contributed by atoms with Crippen LogP contribution in [0.3, 0.4) is 0 Å². The Morgan fingerprint density at radius 1 is 0.750 bits per heavy atom. The third-order valence-corrected chi connectivity index (χ3v) is 3.67. The quantitative estimate of drug-likeness (QED) is 0.704. The Hall–Kier alpha value is -1.70. The molecule has 0 aromatic carbocycles. The van der Waals surface area contributed by atoms with E-state index in [4.69, 9.17) is 0 Å². The van der Waals surface area contributed by atoms with Crippen LogP contribution in [0.5, 0.6) is 0 Å². The first-order chi connectivity index (χ1) is 9.81. The molecule has 106 valence electrons. The van der Waals surface area contributed by atoms with Crippen LogP contribution in [0.1, 0.15) is 49.2 Å². The van der Waals surface area contributed by atoms with Crippen molar-refractivity contribution in [1.29, 1.82) is 0 Å². The van der Waals surface area contributed by atoms with Gasteiger partial charge in [-0.3, -0.25) is 9.97 Å². The van der Waals surface area contributed by atoms with Crippen LogP contribution < -0.4 is 0 Å². The summed E-state index contributed by atoms with van der Waals surface area (Å²) in [5, 5.41) is 0. The van der Waals surface area contributed by atoms with Crippen molar-refractivity contribution in [1.82, 2.24) is 9.97 Å². The zero-order valence-electron chi connectivity index (χ0n) is 12.6. The summed E-state index contributed by atoms with van der Waals surface area (Å²) >= 11 is 0. The normalized spacial score (nSPS) is 10.7. The van der Waals surface area contributed by atoms with E-state index in [1.54, 1.807) is 0 Å². The van der Waals surface area contributed by atoms with Gasteiger partial charge in [0.2, 0.25) is 0 Å². The number of aromatic nitrogens is 2. The van der Waals surface area contributed by atoms with Crippen LogP contribution in [-0.4, -0.2) is 9.97 Å². The number of rotatable bonds is 7. The molecule has 0 bridgehead atoms. The Balaban J connectivity index is 1.78. The van der Waals surface area contributed by atoms with Gasteiger partial charge in [-0.1, -0.05) is 13.8 Å². The van der Waals surface area contributed by atoms with Crippen LogP contribution in [0.4, 0.5) is 0 Å². The highest BCUT2D eigenvalue weighted by Gasteiger charge is 1.99. The average molecular weight is 268 g/mol. The minimum Gasteiger partial charge on any atom is -0.261 e. The number of unbranched alkanes of at least 4 members (excludes halogenated alkanes) is 1. The molecular weight excluding hydrogens is 244 g/mol. The number of hydrogen-bond donors (Lipinski definition) is 0. The predicted octanol–water partition coefficient (Wildman–Crippen LogP) is 4.17. The van der Waals surface area contributed by atoms with Crippen molar-refractivity contribution in [3.8, 4) is 0 Å². The third kappa shape index (κ3) is 4.44. The Kier molecular flexibility index (Phi) is 5.72. The lowest BCUT2D eigenvalue weighted by atomic mass is 10.0. The highest BCUT2D eigenvalue weighted by molar-refractivity contribution is 5.18. The standard InChI is InChI=1S/C18H24N2/c1-3-17-13-15(9-11-19-17)7-5-6-8-16-10-12-20-18(4-2)14-16/h9-14H,3-8H2,1-2H3. The summed E-state index contributed by atoms with van der Waals surface area (Å²) in [4.78, 5) is 8.69. The fourth-order valence-corrected chi connectivity index (χ4v) is 2.41. The summed E-state index contributed by atoms with van der Waals surface area (Å²) < 4.78 is 0. The molecule has 0 aliphatic rings. The van der Waals surface area contributed by atoms with Gasteiger partial charge in [-0.25, -0.2) is 0 Å². The summed E-state index contributed by atoms with van der Waals surface area (Å²) in [6, 6.07) is 8.75. The van der Waals surface area contributed by atoms with Gasteiger partial charge >= 0.3 is 0 Å². The largest absolute Gasteiger partial charge is 0.261 e. The van der Waals surface area contributed by atoms with E-state index < -0.39 is 0 Å². The first-order valence-corrected chi connectivity index (χ1v) is 7.69. The first kappa shape index (κ1) is 14.7. The lowest BCUT2D eigenvalue weighted by Gasteiger charge is -2.05. The molecule has 2 nitrogen and oxygen atoms in total. The van der Waals surface area contributed by atoms with Crippen LogP contribution in [0.2, 0.25) is 0 Å². The van der Waals surface area contributed by atoms with E-state index in [1.165, 1.54) is 35.4 Å². The third-order valence-electron chi connectivity index (χ3n) is 3.67. The molecule has 0 saturated heterocycles. The molecule has 20 heavy (non-hydrogen) atoms. The van der Waals surface area contributed by atoms with E-state index in [2.05, 4.69) is 48.1 Å². The van der Waals surface area contributed by atoms with E-state index in [0.29, 0.717) is 0 Å². The van der Waals surface area contributed by atoms with E-state index in [9.17, 15) is 0 Å². The number of hydrogen-bond acceptors (Lipinski definition) is 2. The van der Waals surface area contributed by atoms with E-state index in [0.717, 1.165) is 25.7 Å². The average Bonchev–Trinajstić information content (AvgIpc) is 2.52. The first-order valence-electron chi connectivity index (χ1n) is 7.69. The molecule has 2 heterocycles. The number of nitrogens with zero attached hydrogens (tertiary/aromatic N) is 2. The summed E-state index contributed by atoms with van der Waals surface area (Å²) in [6.45, 7) is 4.31. The molecule has 0 spiro atoms. The lowest BCUT2D eigenvalue weighted by Crippen LogP contribution is -1.94. The van der Waals surface area contributed by atoms with Crippen LogP contribution in [-0.2, 0) is 25.7 Å². The number of pyridine rings is 2. The second-order valence-electron chi connectivity index (χ2n) is 5.23. The van der Waals surface area contributed by atoms with E-state index in [1.807, 2.05) is 12.4 Å². The van der Waals surface area contributed by atoms with Crippen molar-refractivity contribution in [2.45, 2.75) is 52.4 Å². The molecule has 2 aromatic heterocycles. The van der Waals surface area contributed by atoms with Gasteiger partial charge in [-0.2, -0.15) is 0 Å². The molecular formula is C18H24N2. The van der Waals surface area contributed by atoms with Crippen molar-refractivity contribution < 1.29 is 0 Å².